The predicted molar refractivity (Wildman–Crippen MR) is 118 cm³/mol. The van der Waals surface area contributed by atoms with Crippen LogP contribution in [0.3, 0.4) is 0 Å². The van der Waals surface area contributed by atoms with Crippen LogP contribution in [0, 0.1) is 0 Å². The average Bonchev–Trinajstić information content (AvgIpc) is 3.46. The number of anilines is 1. The van der Waals surface area contributed by atoms with E-state index in [1.807, 2.05) is 40.2 Å². The number of aromatic nitrogens is 6. The molecule has 154 valence electrons. The minimum absolute atomic E-state index is 0.507. The summed E-state index contributed by atoms with van der Waals surface area (Å²) in [6.45, 7) is 8.04. The van der Waals surface area contributed by atoms with Crippen molar-refractivity contribution in [1.82, 2.24) is 34.8 Å². The number of nitrogens with zero attached hydrogens (tertiary/aromatic N) is 7. The van der Waals surface area contributed by atoms with Crippen molar-refractivity contribution in [2.24, 2.45) is 0 Å². The van der Waals surface area contributed by atoms with Gasteiger partial charge < -0.3 is 10.2 Å². The minimum atomic E-state index is 0.507. The second-order valence-corrected chi connectivity index (χ2v) is 7.63. The summed E-state index contributed by atoms with van der Waals surface area (Å²) in [5.74, 6) is 1.81. The monoisotopic (exact) mass is 402 g/mol. The number of nitrogens with one attached hydrogen (secondary N) is 1. The van der Waals surface area contributed by atoms with Gasteiger partial charge in [0, 0.05) is 55.6 Å². The van der Waals surface area contributed by atoms with Crippen LogP contribution in [-0.2, 0) is 6.54 Å². The SMILES string of the molecule is CC[C@@H]1CN(c2cccc(-n3ncc4cnc(-c5cnn(CC)c5)cc43)n2)CCN1. The molecule has 30 heavy (non-hydrogen) atoms. The summed E-state index contributed by atoms with van der Waals surface area (Å²) < 4.78 is 3.80. The van der Waals surface area contributed by atoms with Gasteiger partial charge in [0.25, 0.3) is 0 Å². The van der Waals surface area contributed by atoms with Crippen LogP contribution in [-0.4, -0.2) is 55.2 Å². The average molecular weight is 403 g/mol. The highest BCUT2D eigenvalue weighted by Gasteiger charge is 2.19. The number of aryl methyl sites for hydroxylation is 1. The van der Waals surface area contributed by atoms with E-state index in [0.29, 0.717) is 6.04 Å². The zero-order chi connectivity index (χ0) is 20.5. The van der Waals surface area contributed by atoms with Crippen molar-refractivity contribution in [2.45, 2.75) is 32.9 Å². The van der Waals surface area contributed by atoms with Crippen molar-refractivity contribution < 1.29 is 0 Å². The Kier molecular flexibility index (Phi) is 4.92. The van der Waals surface area contributed by atoms with Crippen LogP contribution in [0.2, 0.25) is 0 Å². The predicted octanol–water partition coefficient (Wildman–Crippen LogP) is 2.89. The maximum absolute atomic E-state index is 4.94. The molecule has 1 N–H and O–H groups in total. The molecule has 0 aromatic carbocycles. The molecule has 0 unspecified atom stereocenters. The van der Waals surface area contributed by atoms with Gasteiger partial charge >= 0.3 is 0 Å². The topological polar surface area (TPSA) is 76.7 Å². The highest BCUT2D eigenvalue weighted by atomic mass is 15.3. The van der Waals surface area contributed by atoms with Crippen LogP contribution in [0.25, 0.3) is 28.0 Å². The van der Waals surface area contributed by atoms with E-state index in [1.165, 1.54) is 0 Å². The number of rotatable bonds is 5. The van der Waals surface area contributed by atoms with Crippen LogP contribution >= 0.6 is 0 Å². The van der Waals surface area contributed by atoms with Gasteiger partial charge in [0.05, 0.1) is 23.6 Å². The molecule has 0 radical (unpaired) electrons. The molecule has 0 bridgehead atoms. The first-order chi connectivity index (χ1) is 14.7. The molecule has 4 aromatic rings. The first-order valence-corrected chi connectivity index (χ1v) is 10.6. The molecular weight excluding hydrogens is 376 g/mol. The molecule has 4 aromatic heterocycles. The lowest BCUT2D eigenvalue weighted by Gasteiger charge is -2.34. The molecule has 0 spiro atoms. The first-order valence-electron chi connectivity index (χ1n) is 10.6. The van der Waals surface area contributed by atoms with Crippen LogP contribution < -0.4 is 10.2 Å². The molecule has 1 aliphatic rings. The zero-order valence-corrected chi connectivity index (χ0v) is 17.4. The van der Waals surface area contributed by atoms with Crippen LogP contribution in [0.1, 0.15) is 20.3 Å². The van der Waals surface area contributed by atoms with Gasteiger partial charge in [-0.25, -0.2) is 9.67 Å². The molecule has 8 heteroatoms. The fourth-order valence-electron chi connectivity index (χ4n) is 3.94. The molecule has 5 rings (SSSR count). The Balaban J connectivity index is 1.51. The maximum Gasteiger partial charge on any atom is 0.156 e. The van der Waals surface area contributed by atoms with E-state index < -0.39 is 0 Å². The molecular formula is C22H26N8. The van der Waals surface area contributed by atoms with E-state index in [9.17, 15) is 0 Å². The van der Waals surface area contributed by atoms with Gasteiger partial charge in [-0.3, -0.25) is 9.67 Å². The molecule has 0 aliphatic carbocycles. The van der Waals surface area contributed by atoms with E-state index in [4.69, 9.17) is 4.98 Å². The van der Waals surface area contributed by atoms with Gasteiger partial charge in [0.15, 0.2) is 5.82 Å². The zero-order valence-electron chi connectivity index (χ0n) is 17.4. The maximum atomic E-state index is 4.94. The summed E-state index contributed by atoms with van der Waals surface area (Å²) in [5.41, 5.74) is 2.87. The molecule has 1 fully saturated rings. The van der Waals surface area contributed by atoms with E-state index in [0.717, 1.165) is 66.4 Å². The summed E-state index contributed by atoms with van der Waals surface area (Å²) >= 11 is 0. The molecule has 1 saturated heterocycles. The molecule has 0 amide bonds. The third-order valence-corrected chi connectivity index (χ3v) is 5.71. The van der Waals surface area contributed by atoms with E-state index in [-0.39, 0.29) is 0 Å². The normalized spacial score (nSPS) is 17.0. The van der Waals surface area contributed by atoms with Crippen molar-refractivity contribution in [3.05, 3.63) is 49.1 Å². The number of fused-ring (bicyclic) bond motifs is 1. The molecule has 1 atom stereocenters. The highest BCUT2D eigenvalue weighted by Crippen LogP contribution is 2.24. The fourth-order valence-corrected chi connectivity index (χ4v) is 3.94. The lowest BCUT2D eigenvalue weighted by Crippen LogP contribution is -2.50. The van der Waals surface area contributed by atoms with Crippen molar-refractivity contribution in [3.8, 4) is 17.1 Å². The lowest BCUT2D eigenvalue weighted by molar-refractivity contribution is 0.445. The quantitative estimate of drug-likeness (QED) is 0.553. The summed E-state index contributed by atoms with van der Waals surface area (Å²) in [6, 6.07) is 8.71. The van der Waals surface area contributed by atoms with E-state index >= 15 is 0 Å². The second kappa shape index (κ2) is 7.87. The molecule has 5 heterocycles. The van der Waals surface area contributed by atoms with E-state index in [2.05, 4.69) is 57.4 Å². The molecule has 0 saturated carbocycles. The van der Waals surface area contributed by atoms with E-state index in [1.54, 1.807) is 0 Å². The van der Waals surface area contributed by atoms with Gasteiger partial charge in [-0.15, -0.1) is 0 Å². The van der Waals surface area contributed by atoms with Gasteiger partial charge in [-0.05, 0) is 31.5 Å². The summed E-state index contributed by atoms with van der Waals surface area (Å²) in [6.07, 6.45) is 8.69. The Morgan fingerprint density at radius 2 is 2.00 bits per heavy atom. The second-order valence-electron chi connectivity index (χ2n) is 7.63. The van der Waals surface area contributed by atoms with Gasteiger partial charge in [0.2, 0.25) is 0 Å². The summed E-state index contributed by atoms with van der Waals surface area (Å²) in [4.78, 5) is 11.9. The van der Waals surface area contributed by atoms with Gasteiger partial charge in [0.1, 0.15) is 5.82 Å². The Morgan fingerprint density at radius 3 is 2.83 bits per heavy atom. The van der Waals surface area contributed by atoms with Crippen molar-refractivity contribution in [1.29, 1.82) is 0 Å². The Morgan fingerprint density at radius 1 is 1.10 bits per heavy atom. The standard InChI is InChI=1S/C22H26N8/c1-3-18-15-28(9-8-23-18)21-6-5-7-22(27-21)30-20-10-19(24-11-16(20)12-26-30)17-13-25-29(4-2)14-17/h5-7,10-14,18,23H,3-4,8-9,15H2,1-2H3/t18-/m1/s1. The Labute approximate surface area is 175 Å². The first kappa shape index (κ1) is 18.7. The smallest absolute Gasteiger partial charge is 0.156 e. The summed E-state index contributed by atoms with van der Waals surface area (Å²) in [5, 5.41) is 13.5. The Bertz CT molecular complexity index is 1160. The Hall–Kier alpha value is -3.26. The largest absolute Gasteiger partial charge is 0.354 e. The summed E-state index contributed by atoms with van der Waals surface area (Å²) in [7, 11) is 0. The fraction of sp³-hybridized carbons (Fsp3) is 0.364. The van der Waals surface area contributed by atoms with Gasteiger partial charge in [-0.1, -0.05) is 13.0 Å². The third-order valence-electron chi connectivity index (χ3n) is 5.71. The molecule has 8 nitrogen and oxygen atoms in total. The van der Waals surface area contributed by atoms with Crippen LogP contribution in [0.15, 0.2) is 49.1 Å². The van der Waals surface area contributed by atoms with Gasteiger partial charge in [-0.2, -0.15) is 10.2 Å². The van der Waals surface area contributed by atoms with Crippen LogP contribution in [0.5, 0.6) is 0 Å². The number of hydrogen-bond donors (Lipinski definition) is 1. The molecule has 1 aliphatic heterocycles. The van der Waals surface area contributed by atoms with Crippen molar-refractivity contribution >= 4 is 16.7 Å². The van der Waals surface area contributed by atoms with Crippen LogP contribution in [0.4, 0.5) is 5.82 Å². The lowest BCUT2D eigenvalue weighted by atomic mass is 10.1. The number of piperazine rings is 1. The van der Waals surface area contributed by atoms with Crippen molar-refractivity contribution in [3.63, 3.8) is 0 Å². The number of hydrogen-bond acceptors (Lipinski definition) is 6. The highest BCUT2D eigenvalue weighted by molar-refractivity contribution is 5.83. The minimum Gasteiger partial charge on any atom is -0.354 e. The third kappa shape index (κ3) is 3.43. The number of pyridine rings is 2. The van der Waals surface area contributed by atoms with Crippen molar-refractivity contribution in [2.75, 3.05) is 24.5 Å².